The van der Waals surface area contributed by atoms with Crippen LogP contribution in [0, 0.1) is 0 Å². The predicted octanol–water partition coefficient (Wildman–Crippen LogP) is 3.07. The molecule has 4 aromatic rings. The normalized spacial score (nSPS) is 8.52. The number of hydrogen-bond donors (Lipinski definition) is 0. The van der Waals surface area contributed by atoms with E-state index in [1.807, 2.05) is 0 Å². The molecule has 0 fully saturated rings. The van der Waals surface area contributed by atoms with Gasteiger partial charge in [0.2, 0.25) is 0 Å². The average molecular weight is 340 g/mol. The predicted molar refractivity (Wildman–Crippen MR) is 90.9 cm³/mol. The van der Waals surface area contributed by atoms with E-state index in [4.69, 9.17) is 10.2 Å². The Morgan fingerprint density at radius 3 is 1.26 bits per heavy atom. The zero-order chi connectivity index (χ0) is 16.2. The zero-order valence-electron chi connectivity index (χ0n) is 13.4. The van der Waals surface area contributed by atoms with Crippen molar-refractivity contribution in [2.24, 2.45) is 0 Å². The van der Waals surface area contributed by atoms with Crippen LogP contribution in [0.15, 0.2) is 84.9 Å². The van der Waals surface area contributed by atoms with Crippen molar-refractivity contribution in [3.63, 3.8) is 0 Å². The minimum atomic E-state index is 0. The summed E-state index contributed by atoms with van der Waals surface area (Å²) in [6.45, 7) is 0. The van der Waals surface area contributed by atoms with Crippen molar-refractivity contribution in [1.82, 2.24) is 0 Å². The van der Waals surface area contributed by atoms with E-state index in [9.17, 15) is 0 Å². The third-order valence-electron chi connectivity index (χ3n) is 3.10. The summed E-state index contributed by atoms with van der Waals surface area (Å²) in [5.41, 5.74) is 0. The maximum Gasteiger partial charge on any atom is 4.00 e. The third-order valence-corrected chi connectivity index (χ3v) is 3.10. The molecule has 0 spiro atoms. The van der Waals surface area contributed by atoms with Crippen LogP contribution in [0.5, 0.6) is 0 Å². The Bertz CT molecular complexity index is 630. The van der Waals surface area contributed by atoms with Gasteiger partial charge in [-0.15, -0.1) is 59.3 Å². The van der Waals surface area contributed by atoms with Gasteiger partial charge >= 0.3 is 21.7 Å². The van der Waals surface area contributed by atoms with Crippen LogP contribution in [0.4, 0.5) is 0 Å². The van der Waals surface area contributed by atoms with Gasteiger partial charge in [0.25, 0.3) is 0 Å². The first-order chi connectivity index (χ1) is 10.9. The summed E-state index contributed by atoms with van der Waals surface area (Å²) in [5.74, 6) is 0. The second kappa shape index (κ2) is 12.8. The van der Waals surface area contributed by atoms with Gasteiger partial charge in [0.05, 0.1) is 0 Å². The molecular formula is C20H20O2Ti. The van der Waals surface area contributed by atoms with Crippen molar-refractivity contribution in [2.75, 3.05) is 14.2 Å². The topological polar surface area (TPSA) is 46.1 Å². The second-order valence-electron chi connectivity index (χ2n) is 4.31. The van der Waals surface area contributed by atoms with Crippen molar-refractivity contribution in [2.45, 2.75) is 0 Å². The molecule has 0 heterocycles. The molecule has 0 unspecified atom stereocenters. The molecule has 0 aliphatic heterocycles. The quantitative estimate of drug-likeness (QED) is 0.365. The van der Waals surface area contributed by atoms with E-state index in [0.717, 1.165) is 14.2 Å². The van der Waals surface area contributed by atoms with Gasteiger partial charge in [-0.3, -0.25) is 0 Å². The molecule has 116 valence electrons. The number of benzene rings is 2. The molecule has 0 N–H and O–H groups in total. The Kier molecular flexibility index (Phi) is 11.9. The number of fused-ring (bicyclic) bond motifs is 2. The van der Waals surface area contributed by atoms with Gasteiger partial charge in [0, 0.05) is 0 Å². The van der Waals surface area contributed by atoms with Gasteiger partial charge in [-0.1, -0.05) is 12.1 Å². The van der Waals surface area contributed by atoms with E-state index < -0.39 is 0 Å². The summed E-state index contributed by atoms with van der Waals surface area (Å²) >= 11 is 0. The minimum absolute atomic E-state index is 0. The zero-order valence-corrected chi connectivity index (χ0v) is 15.0. The maximum atomic E-state index is 8.25. The largest absolute Gasteiger partial charge is 4.00 e. The molecule has 23 heavy (non-hydrogen) atoms. The summed E-state index contributed by atoms with van der Waals surface area (Å²) in [5, 5.41) is 21.8. The second-order valence-corrected chi connectivity index (χ2v) is 4.31. The average Bonchev–Trinajstić information content (AvgIpc) is 3.28. The summed E-state index contributed by atoms with van der Waals surface area (Å²) in [7, 11) is 1.50. The summed E-state index contributed by atoms with van der Waals surface area (Å²) < 4.78 is 0. The number of rotatable bonds is 0. The fourth-order valence-electron chi connectivity index (χ4n) is 2.14. The molecule has 0 aromatic heterocycles. The Balaban J connectivity index is 0.000000335. The van der Waals surface area contributed by atoms with Crippen LogP contribution in [0.25, 0.3) is 21.5 Å². The van der Waals surface area contributed by atoms with E-state index in [-0.39, 0.29) is 21.7 Å². The SMILES string of the molecule is C[O-].C[O-].[Ti+4].c1ccc2[cH-]ccc2c1.c1ccc2[cH-]ccc2c1. The van der Waals surface area contributed by atoms with Gasteiger partial charge in [-0.05, 0) is 0 Å². The van der Waals surface area contributed by atoms with Crippen molar-refractivity contribution < 1.29 is 31.9 Å². The fourth-order valence-corrected chi connectivity index (χ4v) is 2.14. The van der Waals surface area contributed by atoms with Crippen LogP contribution < -0.4 is 10.2 Å². The summed E-state index contributed by atoms with van der Waals surface area (Å²) in [4.78, 5) is 0. The smallest absolute Gasteiger partial charge is 0.857 e. The van der Waals surface area contributed by atoms with E-state index in [2.05, 4.69) is 84.9 Å². The molecule has 2 nitrogen and oxygen atoms in total. The summed E-state index contributed by atoms with van der Waals surface area (Å²) in [6.07, 6.45) is 0. The van der Waals surface area contributed by atoms with Crippen LogP contribution in [-0.4, -0.2) is 14.2 Å². The Labute approximate surface area is 152 Å². The van der Waals surface area contributed by atoms with Crippen molar-refractivity contribution >= 4 is 21.5 Å². The molecular weight excluding hydrogens is 320 g/mol. The van der Waals surface area contributed by atoms with Crippen molar-refractivity contribution in [3.05, 3.63) is 84.9 Å². The molecule has 0 saturated heterocycles. The Hall–Kier alpha value is -1.71. The van der Waals surface area contributed by atoms with Crippen molar-refractivity contribution in [1.29, 1.82) is 0 Å². The van der Waals surface area contributed by atoms with E-state index in [0.29, 0.717) is 0 Å². The van der Waals surface area contributed by atoms with Crippen LogP contribution in [0.2, 0.25) is 0 Å². The third kappa shape index (κ3) is 6.51. The monoisotopic (exact) mass is 340 g/mol. The van der Waals surface area contributed by atoms with Crippen LogP contribution >= 0.6 is 0 Å². The Morgan fingerprint density at radius 1 is 0.565 bits per heavy atom. The van der Waals surface area contributed by atoms with Gasteiger partial charge in [-0.25, -0.2) is 0 Å². The summed E-state index contributed by atoms with van der Waals surface area (Å²) in [6, 6.07) is 29.3. The molecule has 0 amide bonds. The molecule has 4 rings (SSSR count). The minimum Gasteiger partial charge on any atom is -0.857 e. The van der Waals surface area contributed by atoms with E-state index in [1.54, 1.807) is 0 Å². The first-order valence-corrected chi connectivity index (χ1v) is 6.96. The van der Waals surface area contributed by atoms with Crippen LogP contribution in [0.3, 0.4) is 0 Å². The molecule has 0 saturated carbocycles. The molecule has 3 heteroatoms. The van der Waals surface area contributed by atoms with Gasteiger partial charge < -0.3 is 10.2 Å². The van der Waals surface area contributed by atoms with Crippen molar-refractivity contribution in [3.8, 4) is 0 Å². The standard InChI is InChI=1S/2C9H7.2CH3O.Ti/c2*1-2-5-9-7-3-6-8(9)4-1;2*1-2;/h2*1-7H;2*1H3;/q4*-1;+4. The Morgan fingerprint density at radius 2 is 0.913 bits per heavy atom. The number of hydrogen-bond acceptors (Lipinski definition) is 2. The molecule has 0 atom stereocenters. The first-order valence-electron chi connectivity index (χ1n) is 6.96. The van der Waals surface area contributed by atoms with Gasteiger partial charge in [-0.2, -0.15) is 49.3 Å². The molecule has 0 radical (unpaired) electrons. The molecule has 4 aromatic carbocycles. The maximum absolute atomic E-state index is 8.25. The van der Waals surface area contributed by atoms with Gasteiger partial charge in [0.1, 0.15) is 0 Å². The fraction of sp³-hybridized carbons (Fsp3) is 0.100. The molecule has 0 aliphatic rings. The van der Waals surface area contributed by atoms with Crippen LogP contribution in [-0.2, 0) is 21.7 Å². The molecule has 0 aliphatic carbocycles. The van der Waals surface area contributed by atoms with Crippen LogP contribution in [0.1, 0.15) is 0 Å². The molecule has 0 bridgehead atoms. The first kappa shape index (κ1) is 21.3. The van der Waals surface area contributed by atoms with E-state index >= 15 is 0 Å². The van der Waals surface area contributed by atoms with E-state index in [1.165, 1.54) is 21.5 Å². The van der Waals surface area contributed by atoms with Gasteiger partial charge in [0.15, 0.2) is 0 Å².